The summed E-state index contributed by atoms with van der Waals surface area (Å²) in [5.41, 5.74) is 15.0. The molecule has 6 nitrogen and oxygen atoms in total. The summed E-state index contributed by atoms with van der Waals surface area (Å²) in [6.07, 6.45) is 9.04. The molecule has 181 valence electrons. The molecule has 1 aliphatic carbocycles. The molecule has 3 aromatic carbocycles. The molecule has 0 atom stereocenters. The second-order valence-electron chi connectivity index (χ2n) is 8.66. The fourth-order valence-electron chi connectivity index (χ4n) is 4.61. The predicted octanol–water partition coefficient (Wildman–Crippen LogP) is 3.51. The molecule has 1 heterocycles. The molecule has 5 rings (SSSR count). The van der Waals surface area contributed by atoms with E-state index in [0.29, 0.717) is 5.41 Å². The Kier molecular flexibility index (Phi) is 9.09. The first-order valence-electron chi connectivity index (χ1n) is 11.8. The average Bonchev–Trinajstić information content (AvgIpc) is 3.54. The van der Waals surface area contributed by atoms with Crippen LogP contribution in [0.15, 0.2) is 71.9 Å². The standard InChI is InChI=1S/C26H27BN3O.CH5N.CH3N/c1-31-25-9-7-21(30-15-12-26(18-30)10-11-26)17-23(25)27-20-6-8-22-19(16-20)4-2-5-24(22)29-14-3-13-28;2*1-2/h2-9,13-14,16-17H,10-12,15,18,28H2,1H3;2H2,1H3;2H,1H2/b13-3-,29-14?;;. The van der Waals surface area contributed by atoms with Gasteiger partial charge in [-0.2, -0.15) is 0 Å². The highest BCUT2D eigenvalue weighted by Crippen LogP contribution is 2.53. The largest absolute Gasteiger partial charge is 0.497 e. The Morgan fingerprint density at radius 1 is 1.09 bits per heavy atom. The van der Waals surface area contributed by atoms with Crippen LogP contribution in [0.4, 0.5) is 11.4 Å². The summed E-state index contributed by atoms with van der Waals surface area (Å²) in [6.45, 7) is 4.85. The van der Waals surface area contributed by atoms with Gasteiger partial charge in [0.1, 0.15) is 5.75 Å². The van der Waals surface area contributed by atoms with E-state index in [-0.39, 0.29) is 0 Å². The number of methoxy groups -OCH3 is 1. The van der Waals surface area contributed by atoms with Gasteiger partial charge in [0, 0.05) is 30.4 Å². The van der Waals surface area contributed by atoms with Crippen LogP contribution in [0.5, 0.6) is 5.75 Å². The van der Waals surface area contributed by atoms with Crippen molar-refractivity contribution < 1.29 is 4.74 Å². The lowest BCUT2D eigenvalue weighted by molar-refractivity contribution is 0.418. The lowest BCUT2D eigenvalue weighted by atomic mass is 9.63. The number of nitrogens with zero attached hydrogens (tertiary/aromatic N) is 2. The maximum Gasteiger partial charge on any atom is 0.196 e. The van der Waals surface area contributed by atoms with Crippen molar-refractivity contribution in [1.82, 2.24) is 0 Å². The molecular weight excluding hydrogens is 433 g/mol. The highest BCUT2D eigenvalue weighted by atomic mass is 16.5. The van der Waals surface area contributed by atoms with E-state index in [1.54, 1.807) is 19.4 Å². The summed E-state index contributed by atoms with van der Waals surface area (Å²) in [7, 11) is 5.44. The maximum absolute atomic E-state index is 5.66. The van der Waals surface area contributed by atoms with Gasteiger partial charge < -0.3 is 26.5 Å². The third kappa shape index (κ3) is 6.11. The van der Waals surface area contributed by atoms with Gasteiger partial charge in [0.15, 0.2) is 7.28 Å². The van der Waals surface area contributed by atoms with E-state index in [0.717, 1.165) is 39.7 Å². The summed E-state index contributed by atoms with van der Waals surface area (Å²) in [4.78, 5) is 7.04. The molecule has 1 saturated carbocycles. The molecule has 0 aromatic heterocycles. The van der Waals surface area contributed by atoms with E-state index in [1.807, 2.05) is 12.1 Å². The average molecular weight is 468 g/mol. The number of aliphatic imine (C=N–C) groups is 1. The molecule has 1 saturated heterocycles. The number of nitrogens with two attached hydrogens (primary N) is 2. The minimum absolute atomic E-state index is 0.613. The molecule has 5 N–H and O–H groups in total. The Labute approximate surface area is 209 Å². The van der Waals surface area contributed by atoms with Crippen molar-refractivity contribution in [2.75, 3.05) is 32.1 Å². The van der Waals surface area contributed by atoms with Gasteiger partial charge >= 0.3 is 0 Å². The molecule has 0 amide bonds. The molecule has 7 heteroatoms. The van der Waals surface area contributed by atoms with Gasteiger partial charge in [0.25, 0.3) is 0 Å². The van der Waals surface area contributed by atoms with Crippen LogP contribution in [0.2, 0.25) is 0 Å². The molecule has 35 heavy (non-hydrogen) atoms. The van der Waals surface area contributed by atoms with Crippen LogP contribution in [0, 0.1) is 10.8 Å². The van der Waals surface area contributed by atoms with Crippen molar-refractivity contribution in [3.05, 3.63) is 66.9 Å². The lowest BCUT2D eigenvalue weighted by Gasteiger charge is -2.21. The number of fused-ring (bicyclic) bond motifs is 1. The zero-order valence-electron chi connectivity index (χ0n) is 20.7. The van der Waals surface area contributed by atoms with Crippen molar-refractivity contribution in [2.45, 2.75) is 19.3 Å². The lowest BCUT2D eigenvalue weighted by Crippen LogP contribution is -2.30. The molecule has 1 aliphatic heterocycles. The first kappa shape index (κ1) is 26.0. The van der Waals surface area contributed by atoms with E-state index < -0.39 is 0 Å². The SMILES string of the molecule is C=N.CN.COc1ccc(N2CCC3(CC3)C2)cc1[B]c1ccc2c(N=C/C=C\N)cccc2c1. The number of benzene rings is 3. The number of allylic oxidation sites excluding steroid dienone is 1. The van der Waals surface area contributed by atoms with Gasteiger partial charge in [-0.05, 0) is 85.8 Å². The second-order valence-corrected chi connectivity index (χ2v) is 8.66. The Morgan fingerprint density at radius 3 is 2.57 bits per heavy atom. The third-order valence-corrected chi connectivity index (χ3v) is 6.59. The molecule has 0 unspecified atom stereocenters. The number of hydrogen-bond donors (Lipinski definition) is 3. The van der Waals surface area contributed by atoms with Gasteiger partial charge in [-0.3, -0.25) is 4.99 Å². The molecule has 2 aliphatic rings. The van der Waals surface area contributed by atoms with E-state index in [9.17, 15) is 0 Å². The summed E-state index contributed by atoms with van der Waals surface area (Å²) in [5, 5.41) is 7.78. The van der Waals surface area contributed by atoms with Crippen LogP contribution in [-0.2, 0) is 0 Å². The van der Waals surface area contributed by atoms with Crippen LogP contribution in [-0.4, -0.2) is 47.5 Å². The maximum atomic E-state index is 5.66. The third-order valence-electron chi connectivity index (χ3n) is 6.59. The number of ether oxygens (including phenoxy) is 1. The summed E-state index contributed by atoms with van der Waals surface area (Å²) >= 11 is 0. The smallest absolute Gasteiger partial charge is 0.196 e. The number of nitrogens with one attached hydrogen (secondary N) is 1. The zero-order chi connectivity index (χ0) is 25.3. The van der Waals surface area contributed by atoms with E-state index in [2.05, 4.69) is 72.1 Å². The fraction of sp³-hybridized carbons (Fsp3) is 0.286. The minimum Gasteiger partial charge on any atom is -0.497 e. The summed E-state index contributed by atoms with van der Waals surface area (Å²) < 4.78 is 5.66. The van der Waals surface area contributed by atoms with E-state index in [1.165, 1.54) is 44.7 Å². The predicted molar refractivity (Wildman–Crippen MR) is 152 cm³/mol. The van der Waals surface area contributed by atoms with Crippen molar-refractivity contribution in [1.29, 1.82) is 5.41 Å². The molecule has 1 radical (unpaired) electrons. The van der Waals surface area contributed by atoms with E-state index in [4.69, 9.17) is 15.9 Å². The number of hydrogen-bond acceptors (Lipinski definition) is 6. The van der Waals surface area contributed by atoms with Crippen molar-refractivity contribution in [3.63, 3.8) is 0 Å². The normalized spacial score (nSPS) is 15.6. The van der Waals surface area contributed by atoms with Crippen LogP contribution in [0.25, 0.3) is 10.8 Å². The highest BCUT2D eigenvalue weighted by molar-refractivity contribution is 6.68. The molecule has 3 aromatic rings. The van der Waals surface area contributed by atoms with Gasteiger partial charge in [-0.1, -0.05) is 35.8 Å². The molecule has 0 bridgehead atoms. The second kappa shape index (κ2) is 12.2. The van der Waals surface area contributed by atoms with Crippen LogP contribution in [0.3, 0.4) is 0 Å². The van der Waals surface area contributed by atoms with Crippen molar-refractivity contribution >= 4 is 53.3 Å². The molecule has 1 spiro atoms. The first-order valence-corrected chi connectivity index (χ1v) is 11.8. The molecule has 2 fully saturated rings. The van der Waals surface area contributed by atoms with Crippen molar-refractivity contribution in [2.24, 2.45) is 21.9 Å². The zero-order valence-corrected chi connectivity index (χ0v) is 20.7. The summed E-state index contributed by atoms with van der Waals surface area (Å²) in [5.74, 6) is 0.899. The molecular formula is C28H35BN5O. The monoisotopic (exact) mass is 468 g/mol. The minimum atomic E-state index is 0.613. The summed E-state index contributed by atoms with van der Waals surface area (Å²) in [6, 6.07) is 19.2. The van der Waals surface area contributed by atoms with Crippen LogP contribution in [0.1, 0.15) is 19.3 Å². The van der Waals surface area contributed by atoms with Crippen LogP contribution >= 0.6 is 0 Å². The Hall–Kier alpha value is -3.58. The Morgan fingerprint density at radius 2 is 1.89 bits per heavy atom. The van der Waals surface area contributed by atoms with Gasteiger partial charge in [0.05, 0.1) is 12.8 Å². The topological polar surface area (TPSA) is 101 Å². The Bertz CT molecular complexity index is 1190. The quantitative estimate of drug-likeness (QED) is 0.381. The van der Waals surface area contributed by atoms with Gasteiger partial charge in [-0.25, -0.2) is 0 Å². The van der Waals surface area contributed by atoms with Crippen molar-refractivity contribution in [3.8, 4) is 5.75 Å². The van der Waals surface area contributed by atoms with E-state index >= 15 is 0 Å². The fourth-order valence-corrected chi connectivity index (χ4v) is 4.61. The van der Waals surface area contributed by atoms with Gasteiger partial charge in [0.2, 0.25) is 0 Å². The van der Waals surface area contributed by atoms with Gasteiger partial charge in [-0.15, -0.1) is 0 Å². The van der Waals surface area contributed by atoms with Crippen LogP contribution < -0.4 is 32.0 Å². The highest BCUT2D eigenvalue weighted by Gasteiger charge is 2.47. The number of anilines is 1. The Balaban J connectivity index is 0.000000815. The number of rotatable bonds is 6. The first-order chi connectivity index (χ1) is 17.2.